The van der Waals surface area contributed by atoms with Crippen molar-refractivity contribution >= 4 is 5.84 Å². The number of rotatable bonds is 4. The molecule has 1 unspecified atom stereocenters. The Hall–Kier alpha value is -2.53. The van der Waals surface area contributed by atoms with Crippen LogP contribution in [0.15, 0.2) is 47.5 Å². The molecule has 4 rings (SSSR count). The molecule has 0 radical (unpaired) electrons. The van der Waals surface area contributed by atoms with Gasteiger partial charge in [-0.25, -0.2) is 0 Å². The van der Waals surface area contributed by atoms with Gasteiger partial charge >= 0.3 is 0 Å². The Bertz CT molecular complexity index is 833. The van der Waals surface area contributed by atoms with Gasteiger partial charge in [0, 0.05) is 30.6 Å². The van der Waals surface area contributed by atoms with E-state index in [9.17, 15) is 5.11 Å². The van der Waals surface area contributed by atoms with Crippen LogP contribution in [0.1, 0.15) is 23.1 Å². The number of ether oxygens (including phenoxy) is 2. The molecule has 0 aliphatic carbocycles. The van der Waals surface area contributed by atoms with E-state index in [1.807, 2.05) is 47.4 Å². The average Bonchev–Trinajstić information content (AvgIpc) is 2.91. The zero-order valence-corrected chi connectivity index (χ0v) is 14.5. The molecular weight excluding hydrogens is 316 g/mol. The maximum Gasteiger partial charge on any atom is 0.170 e. The summed E-state index contributed by atoms with van der Waals surface area (Å²) < 4.78 is 10.7. The monoisotopic (exact) mass is 338 g/mol. The molecule has 0 bridgehead atoms. The first-order valence-corrected chi connectivity index (χ1v) is 8.52. The van der Waals surface area contributed by atoms with Crippen molar-refractivity contribution in [3.8, 4) is 11.5 Å². The number of hydrogen-bond donors (Lipinski definition) is 1. The highest BCUT2D eigenvalue weighted by molar-refractivity contribution is 6.04. The van der Waals surface area contributed by atoms with Crippen LogP contribution in [0.2, 0.25) is 0 Å². The molecule has 25 heavy (non-hydrogen) atoms. The Morgan fingerprint density at radius 1 is 1.12 bits per heavy atom. The Morgan fingerprint density at radius 3 is 2.72 bits per heavy atom. The molecule has 2 aromatic rings. The Labute approximate surface area is 147 Å². The topological polar surface area (TPSA) is 54.3 Å². The molecule has 0 saturated carbocycles. The summed E-state index contributed by atoms with van der Waals surface area (Å²) in [5.41, 5.74) is 1.85. The van der Waals surface area contributed by atoms with Gasteiger partial charge in [-0.2, -0.15) is 0 Å². The molecule has 2 aromatic carbocycles. The van der Waals surface area contributed by atoms with Gasteiger partial charge in [0.15, 0.2) is 17.2 Å². The highest BCUT2D eigenvalue weighted by Crippen LogP contribution is 2.42. The normalized spacial score (nSPS) is 21.4. The van der Waals surface area contributed by atoms with Gasteiger partial charge < -0.3 is 19.5 Å². The van der Waals surface area contributed by atoms with E-state index in [-0.39, 0.29) is 0 Å². The van der Waals surface area contributed by atoms with Crippen molar-refractivity contribution in [1.82, 2.24) is 4.90 Å². The number of amidine groups is 1. The van der Waals surface area contributed by atoms with E-state index in [0.717, 1.165) is 42.0 Å². The summed E-state index contributed by atoms with van der Waals surface area (Å²) in [6.07, 6.45) is 1.41. The van der Waals surface area contributed by atoms with Gasteiger partial charge in [-0.1, -0.05) is 30.3 Å². The Morgan fingerprint density at radius 2 is 1.92 bits per heavy atom. The summed E-state index contributed by atoms with van der Waals surface area (Å²) >= 11 is 0. The van der Waals surface area contributed by atoms with Gasteiger partial charge in [0.05, 0.1) is 14.2 Å². The van der Waals surface area contributed by atoms with Crippen molar-refractivity contribution in [2.75, 3.05) is 27.3 Å². The number of aliphatic hydroxyl groups is 1. The summed E-state index contributed by atoms with van der Waals surface area (Å²) in [5, 5.41) is 11.7. The lowest BCUT2D eigenvalue weighted by molar-refractivity contribution is -0.0704. The third-order valence-corrected chi connectivity index (χ3v) is 5.00. The first-order valence-electron chi connectivity index (χ1n) is 8.52. The fourth-order valence-corrected chi connectivity index (χ4v) is 3.83. The predicted octanol–water partition coefficient (Wildman–Crippen LogP) is 2.56. The lowest BCUT2D eigenvalue weighted by Gasteiger charge is -2.37. The molecule has 2 aliphatic rings. The minimum atomic E-state index is -1.09. The smallest absolute Gasteiger partial charge is 0.170 e. The highest BCUT2D eigenvalue weighted by Gasteiger charge is 2.47. The van der Waals surface area contributed by atoms with Gasteiger partial charge in [-0.05, 0) is 24.1 Å². The molecular formula is C20H22N2O3. The number of benzene rings is 2. The van der Waals surface area contributed by atoms with Crippen LogP contribution >= 0.6 is 0 Å². The second kappa shape index (κ2) is 6.08. The summed E-state index contributed by atoms with van der Waals surface area (Å²) in [4.78, 5) is 6.71. The fourth-order valence-electron chi connectivity index (χ4n) is 3.83. The van der Waals surface area contributed by atoms with E-state index in [1.54, 1.807) is 14.2 Å². The van der Waals surface area contributed by atoms with Crippen LogP contribution in [-0.2, 0) is 12.1 Å². The molecule has 0 saturated heterocycles. The third kappa shape index (κ3) is 2.46. The molecule has 2 aliphatic heterocycles. The molecule has 2 heterocycles. The summed E-state index contributed by atoms with van der Waals surface area (Å²) in [6, 6.07) is 13.8. The van der Waals surface area contributed by atoms with Crippen LogP contribution < -0.4 is 9.47 Å². The van der Waals surface area contributed by atoms with E-state index in [4.69, 9.17) is 9.47 Å². The van der Waals surface area contributed by atoms with Crippen molar-refractivity contribution in [3.05, 3.63) is 59.2 Å². The van der Waals surface area contributed by atoms with Crippen LogP contribution in [-0.4, -0.2) is 43.2 Å². The van der Waals surface area contributed by atoms with Crippen LogP contribution in [0, 0.1) is 0 Å². The summed E-state index contributed by atoms with van der Waals surface area (Å²) in [7, 11) is 3.24. The number of hydrogen-bond acceptors (Lipinski definition) is 5. The minimum absolute atomic E-state index is 0.462. The van der Waals surface area contributed by atoms with E-state index in [2.05, 4.69) is 4.99 Å². The van der Waals surface area contributed by atoms with Crippen LogP contribution in [0.25, 0.3) is 0 Å². The molecule has 5 heteroatoms. The maximum absolute atomic E-state index is 11.7. The highest BCUT2D eigenvalue weighted by atomic mass is 16.5. The van der Waals surface area contributed by atoms with E-state index in [1.165, 1.54) is 0 Å². The minimum Gasteiger partial charge on any atom is -0.493 e. The first-order chi connectivity index (χ1) is 12.2. The van der Waals surface area contributed by atoms with Crippen molar-refractivity contribution < 1.29 is 14.6 Å². The molecule has 0 spiro atoms. The van der Waals surface area contributed by atoms with Crippen LogP contribution in [0.5, 0.6) is 11.5 Å². The van der Waals surface area contributed by atoms with Crippen molar-refractivity contribution in [3.63, 3.8) is 0 Å². The van der Waals surface area contributed by atoms with E-state index >= 15 is 0 Å². The van der Waals surface area contributed by atoms with Crippen molar-refractivity contribution in [2.45, 2.75) is 18.6 Å². The van der Waals surface area contributed by atoms with Gasteiger partial charge in [-0.3, -0.25) is 4.99 Å². The number of aliphatic imine (C=N–C) groups is 1. The van der Waals surface area contributed by atoms with Gasteiger partial charge in [0.2, 0.25) is 0 Å². The molecule has 0 amide bonds. The number of nitrogens with zero attached hydrogens (tertiary/aromatic N) is 2. The summed E-state index contributed by atoms with van der Waals surface area (Å²) in [6.45, 7) is 1.61. The molecule has 0 fully saturated rings. The number of methoxy groups -OCH3 is 2. The van der Waals surface area contributed by atoms with Crippen LogP contribution in [0.3, 0.4) is 0 Å². The van der Waals surface area contributed by atoms with Gasteiger partial charge in [0.1, 0.15) is 5.84 Å². The van der Waals surface area contributed by atoms with E-state index < -0.39 is 5.72 Å². The molecule has 130 valence electrons. The third-order valence-electron chi connectivity index (χ3n) is 5.00. The van der Waals surface area contributed by atoms with Gasteiger partial charge in [-0.15, -0.1) is 0 Å². The second-order valence-electron chi connectivity index (χ2n) is 6.44. The number of fused-ring (bicyclic) bond motifs is 3. The molecule has 0 aromatic heterocycles. The molecule has 1 N–H and O–H groups in total. The Balaban J connectivity index is 1.76. The maximum atomic E-state index is 11.7. The van der Waals surface area contributed by atoms with E-state index in [0.29, 0.717) is 17.9 Å². The van der Waals surface area contributed by atoms with Crippen LogP contribution in [0.4, 0.5) is 0 Å². The lowest BCUT2D eigenvalue weighted by Crippen LogP contribution is -2.47. The summed E-state index contributed by atoms with van der Waals surface area (Å²) in [5.74, 6) is 2.26. The largest absolute Gasteiger partial charge is 0.493 e. The standard InChI is InChI=1S/C20H22N2O3/c1-24-17-9-8-14(12-18(17)25-2)13-20(23)16-7-4-3-6-15(16)19-21-10-5-11-22(19)20/h3-4,6-9,12,23H,5,10-11,13H2,1-2H3. The quantitative estimate of drug-likeness (QED) is 0.931. The predicted molar refractivity (Wildman–Crippen MR) is 96.3 cm³/mol. The fraction of sp³-hybridized carbons (Fsp3) is 0.350. The lowest BCUT2D eigenvalue weighted by atomic mass is 9.94. The van der Waals surface area contributed by atoms with Gasteiger partial charge in [0.25, 0.3) is 0 Å². The Kier molecular flexibility index (Phi) is 3.88. The molecule has 1 atom stereocenters. The van der Waals surface area contributed by atoms with Crippen molar-refractivity contribution in [2.24, 2.45) is 4.99 Å². The van der Waals surface area contributed by atoms with Crippen molar-refractivity contribution in [1.29, 1.82) is 0 Å². The zero-order valence-electron chi connectivity index (χ0n) is 14.5. The SMILES string of the molecule is COc1ccc(CC2(O)c3ccccc3C3=NCCCN32)cc1OC. The zero-order chi connectivity index (χ0) is 17.4. The second-order valence-corrected chi connectivity index (χ2v) is 6.44. The average molecular weight is 338 g/mol. The molecule has 5 nitrogen and oxygen atoms in total. The first kappa shape index (κ1) is 16.0.